The first-order valence-corrected chi connectivity index (χ1v) is 9.56. The van der Waals surface area contributed by atoms with Crippen molar-refractivity contribution in [1.82, 2.24) is 13.6 Å². The predicted molar refractivity (Wildman–Crippen MR) is 89.6 cm³/mol. The van der Waals surface area contributed by atoms with E-state index in [4.69, 9.17) is 9.47 Å². The lowest BCUT2D eigenvalue weighted by atomic mass is 9.98. The Morgan fingerprint density at radius 2 is 2.25 bits per heavy atom. The molecule has 7 nitrogen and oxygen atoms in total. The van der Waals surface area contributed by atoms with E-state index in [0.29, 0.717) is 32.7 Å². The third-order valence-corrected chi connectivity index (χ3v) is 6.54. The second-order valence-corrected chi connectivity index (χ2v) is 8.92. The molecule has 1 spiro atoms. The van der Waals surface area contributed by atoms with Crippen LogP contribution < -0.4 is 0 Å². The van der Waals surface area contributed by atoms with E-state index in [1.807, 2.05) is 25.1 Å². The lowest BCUT2D eigenvalue weighted by Gasteiger charge is -2.24. The van der Waals surface area contributed by atoms with E-state index in [9.17, 15) is 8.42 Å². The number of pyridine rings is 1. The van der Waals surface area contributed by atoms with Crippen molar-refractivity contribution < 1.29 is 17.9 Å². The highest BCUT2D eigenvalue weighted by atomic mass is 32.2. The molecular formula is C16H25N3O4S. The van der Waals surface area contributed by atoms with Crippen LogP contribution in [0, 0.1) is 6.92 Å². The third-order valence-electron chi connectivity index (χ3n) is 4.66. The van der Waals surface area contributed by atoms with Crippen molar-refractivity contribution in [2.75, 3.05) is 33.8 Å². The van der Waals surface area contributed by atoms with Crippen LogP contribution in [0.4, 0.5) is 0 Å². The van der Waals surface area contributed by atoms with Gasteiger partial charge in [0.25, 0.3) is 10.2 Å². The molecule has 134 valence electrons. The minimum absolute atomic E-state index is 0.0191. The highest BCUT2D eigenvalue weighted by molar-refractivity contribution is 7.86. The van der Waals surface area contributed by atoms with Gasteiger partial charge in [-0.1, -0.05) is 6.07 Å². The van der Waals surface area contributed by atoms with Crippen molar-refractivity contribution >= 4 is 10.2 Å². The van der Waals surface area contributed by atoms with Crippen LogP contribution in [0.1, 0.15) is 24.2 Å². The highest BCUT2D eigenvalue weighted by Gasteiger charge is 2.49. The molecule has 0 unspecified atom stereocenters. The Bertz CT molecular complexity index is 694. The normalized spacial score (nSPS) is 28.2. The largest absolute Gasteiger partial charge is 0.371 e. The average Bonchev–Trinajstić information content (AvgIpc) is 3.13. The van der Waals surface area contributed by atoms with Gasteiger partial charge in [-0.25, -0.2) is 0 Å². The van der Waals surface area contributed by atoms with Gasteiger partial charge in [0, 0.05) is 39.3 Å². The fourth-order valence-electron chi connectivity index (χ4n) is 3.31. The fourth-order valence-corrected chi connectivity index (χ4v) is 4.50. The lowest BCUT2D eigenvalue weighted by molar-refractivity contribution is 0.00217. The number of aromatic nitrogens is 1. The Balaban J connectivity index is 1.56. The summed E-state index contributed by atoms with van der Waals surface area (Å²) in [5.41, 5.74) is 1.46. The first-order valence-electron chi connectivity index (χ1n) is 8.16. The lowest BCUT2D eigenvalue weighted by Crippen LogP contribution is -2.41. The van der Waals surface area contributed by atoms with Gasteiger partial charge >= 0.3 is 0 Å². The molecule has 0 aromatic carbocycles. The summed E-state index contributed by atoms with van der Waals surface area (Å²) in [4.78, 5) is 4.43. The topological polar surface area (TPSA) is 72.0 Å². The van der Waals surface area contributed by atoms with Gasteiger partial charge in [-0.3, -0.25) is 4.98 Å². The standard InChI is InChI=1S/C16H25N3O4S/c1-13-5-4-6-14(17-13)10-22-15-9-16(23-11-15)7-8-19(12-16)24(20,21)18(2)3/h4-6,15H,7-12H2,1-3H3/t15-,16-/m0/s1. The van der Waals surface area contributed by atoms with Crippen molar-refractivity contribution in [3.63, 3.8) is 0 Å². The fraction of sp³-hybridized carbons (Fsp3) is 0.688. The molecule has 0 N–H and O–H groups in total. The molecule has 8 heteroatoms. The molecule has 0 bridgehead atoms. The van der Waals surface area contributed by atoms with Gasteiger partial charge in [-0.2, -0.15) is 17.0 Å². The minimum Gasteiger partial charge on any atom is -0.371 e. The summed E-state index contributed by atoms with van der Waals surface area (Å²) in [5.74, 6) is 0. The van der Waals surface area contributed by atoms with E-state index < -0.39 is 15.8 Å². The monoisotopic (exact) mass is 355 g/mol. The van der Waals surface area contributed by atoms with E-state index in [2.05, 4.69) is 4.98 Å². The molecule has 2 saturated heterocycles. The predicted octanol–water partition coefficient (Wildman–Crippen LogP) is 0.946. The van der Waals surface area contributed by atoms with Crippen LogP contribution in [0.3, 0.4) is 0 Å². The SMILES string of the molecule is Cc1cccc(CO[C@@H]2CO[C@@]3(CCN(S(=O)(=O)N(C)C)C3)C2)n1. The van der Waals surface area contributed by atoms with E-state index in [-0.39, 0.29) is 6.10 Å². The molecule has 1 aromatic rings. The zero-order valence-corrected chi connectivity index (χ0v) is 15.3. The van der Waals surface area contributed by atoms with Gasteiger partial charge in [-0.15, -0.1) is 0 Å². The van der Waals surface area contributed by atoms with E-state index in [1.54, 1.807) is 14.1 Å². The number of nitrogens with zero attached hydrogens (tertiary/aromatic N) is 3. The Morgan fingerprint density at radius 1 is 1.46 bits per heavy atom. The van der Waals surface area contributed by atoms with Crippen molar-refractivity contribution in [1.29, 1.82) is 0 Å². The maximum absolute atomic E-state index is 12.3. The average molecular weight is 355 g/mol. The van der Waals surface area contributed by atoms with Crippen molar-refractivity contribution in [3.05, 3.63) is 29.6 Å². The molecule has 0 amide bonds. The van der Waals surface area contributed by atoms with Gasteiger partial charge in [0.05, 0.1) is 30.6 Å². The molecule has 0 aliphatic carbocycles. The van der Waals surface area contributed by atoms with Crippen LogP contribution >= 0.6 is 0 Å². The van der Waals surface area contributed by atoms with Crippen LogP contribution in [0.25, 0.3) is 0 Å². The number of rotatable bonds is 5. The van der Waals surface area contributed by atoms with Crippen molar-refractivity contribution in [2.45, 2.75) is 38.1 Å². The van der Waals surface area contributed by atoms with Gasteiger partial charge in [0.1, 0.15) is 0 Å². The second-order valence-electron chi connectivity index (χ2n) is 6.78. The van der Waals surface area contributed by atoms with Crippen molar-refractivity contribution in [3.8, 4) is 0 Å². The quantitative estimate of drug-likeness (QED) is 0.786. The maximum atomic E-state index is 12.3. The Labute approximate surface area is 143 Å². The summed E-state index contributed by atoms with van der Waals surface area (Å²) in [6.45, 7) is 3.80. The summed E-state index contributed by atoms with van der Waals surface area (Å²) >= 11 is 0. The molecule has 3 heterocycles. The summed E-state index contributed by atoms with van der Waals surface area (Å²) in [6.07, 6.45) is 1.41. The molecule has 24 heavy (non-hydrogen) atoms. The second kappa shape index (κ2) is 6.68. The number of hydrogen-bond donors (Lipinski definition) is 0. The molecule has 1 aromatic heterocycles. The Kier molecular flexibility index (Phi) is 4.94. The minimum atomic E-state index is -3.38. The summed E-state index contributed by atoms with van der Waals surface area (Å²) in [7, 11) is -0.277. The molecule has 0 radical (unpaired) electrons. The molecule has 2 aliphatic rings. The molecule has 2 fully saturated rings. The van der Waals surface area contributed by atoms with E-state index in [0.717, 1.165) is 17.8 Å². The van der Waals surface area contributed by atoms with E-state index >= 15 is 0 Å². The summed E-state index contributed by atoms with van der Waals surface area (Å²) < 4.78 is 39.1. The van der Waals surface area contributed by atoms with Crippen LogP contribution in [-0.4, -0.2) is 67.5 Å². The van der Waals surface area contributed by atoms with Gasteiger partial charge < -0.3 is 9.47 Å². The molecule has 2 aliphatic heterocycles. The summed E-state index contributed by atoms with van der Waals surface area (Å²) in [5, 5.41) is 0. The Morgan fingerprint density at radius 3 is 2.96 bits per heavy atom. The maximum Gasteiger partial charge on any atom is 0.281 e. The highest BCUT2D eigenvalue weighted by Crippen LogP contribution is 2.37. The first-order chi connectivity index (χ1) is 11.3. The van der Waals surface area contributed by atoms with Gasteiger partial charge in [0.15, 0.2) is 0 Å². The molecule has 3 rings (SSSR count). The first kappa shape index (κ1) is 17.8. The number of hydrogen-bond acceptors (Lipinski definition) is 5. The zero-order chi connectivity index (χ0) is 17.4. The third kappa shape index (κ3) is 3.62. The summed E-state index contributed by atoms with van der Waals surface area (Å²) in [6, 6.07) is 5.86. The van der Waals surface area contributed by atoms with Crippen LogP contribution in [0.2, 0.25) is 0 Å². The Hall–Kier alpha value is -1.06. The zero-order valence-electron chi connectivity index (χ0n) is 14.4. The van der Waals surface area contributed by atoms with Gasteiger partial charge in [0.2, 0.25) is 0 Å². The number of ether oxygens (including phenoxy) is 2. The van der Waals surface area contributed by atoms with Crippen LogP contribution in [0.5, 0.6) is 0 Å². The smallest absolute Gasteiger partial charge is 0.281 e. The van der Waals surface area contributed by atoms with Gasteiger partial charge in [-0.05, 0) is 25.5 Å². The van der Waals surface area contributed by atoms with Crippen LogP contribution in [-0.2, 0) is 26.3 Å². The molecule has 0 saturated carbocycles. The van der Waals surface area contributed by atoms with E-state index in [1.165, 1.54) is 8.61 Å². The molecule has 2 atom stereocenters. The number of aryl methyl sites for hydroxylation is 1. The van der Waals surface area contributed by atoms with Crippen LogP contribution in [0.15, 0.2) is 18.2 Å². The molecular weight excluding hydrogens is 330 g/mol. The van der Waals surface area contributed by atoms with Crippen molar-refractivity contribution in [2.24, 2.45) is 0 Å².